The van der Waals surface area contributed by atoms with Gasteiger partial charge in [0.15, 0.2) is 5.65 Å². The summed E-state index contributed by atoms with van der Waals surface area (Å²) in [5.74, 6) is -0.507. The topological polar surface area (TPSA) is 43.1 Å². The fourth-order valence-electron chi connectivity index (χ4n) is 1.60. The van der Waals surface area contributed by atoms with Crippen molar-refractivity contribution in [3.63, 3.8) is 0 Å². The van der Waals surface area contributed by atoms with Crippen LogP contribution in [0.4, 0.5) is 4.39 Å². The predicted octanol–water partition coefficient (Wildman–Crippen LogP) is 1.93. The zero-order chi connectivity index (χ0) is 11.0. The Hall–Kier alpha value is -2.30. The lowest BCUT2D eigenvalue weighted by molar-refractivity contribution is 0.584. The van der Waals surface area contributed by atoms with E-state index in [9.17, 15) is 4.39 Å². The number of fused-ring (bicyclic) bond motifs is 1. The molecule has 78 valence electrons. The van der Waals surface area contributed by atoms with Crippen LogP contribution in [0.15, 0.2) is 43.0 Å². The van der Waals surface area contributed by atoms with E-state index in [1.807, 2.05) is 0 Å². The minimum Gasteiger partial charge on any atom is -0.236 e. The quantitative estimate of drug-likeness (QED) is 0.581. The summed E-state index contributed by atoms with van der Waals surface area (Å²) in [4.78, 5) is 7.72. The molecule has 0 saturated carbocycles. The molecule has 0 atom stereocenters. The lowest BCUT2D eigenvalue weighted by atomic mass is 10.1. The molecule has 16 heavy (non-hydrogen) atoms. The first-order chi connectivity index (χ1) is 7.84. The van der Waals surface area contributed by atoms with Gasteiger partial charge in [-0.1, -0.05) is 0 Å². The predicted molar refractivity (Wildman–Crippen MR) is 56.2 cm³/mol. The Morgan fingerprint density at radius 3 is 3.00 bits per heavy atom. The van der Waals surface area contributed by atoms with E-state index in [-0.39, 0.29) is 0 Å². The lowest BCUT2D eigenvalue weighted by Crippen LogP contribution is -1.88. The van der Waals surface area contributed by atoms with Crippen molar-refractivity contribution in [2.45, 2.75) is 0 Å². The van der Waals surface area contributed by atoms with Crippen LogP contribution in [0.5, 0.6) is 0 Å². The van der Waals surface area contributed by atoms with Crippen LogP contribution in [-0.2, 0) is 0 Å². The van der Waals surface area contributed by atoms with Crippen LogP contribution in [0.2, 0.25) is 0 Å². The first kappa shape index (κ1) is 8.96. The van der Waals surface area contributed by atoms with Crippen LogP contribution in [0.3, 0.4) is 0 Å². The Bertz CT molecular complexity index is 647. The van der Waals surface area contributed by atoms with Gasteiger partial charge in [0.25, 0.3) is 0 Å². The van der Waals surface area contributed by atoms with E-state index >= 15 is 0 Å². The molecule has 0 aliphatic rings. The normalized spacial score (nSPS) is 10.8. The van der Waals surface area contributed by atoms with Gasteiger partial charge in [-0.2, -0.15) is 9.49 Å². The SMILES string of the molecule is Fc1cc(-c2cnn3cccnc23)ccn1. The molecule has 0 amide bonds. The smallest absolute Gasteiger partial charge is 0.213 e. The summed E-state index contributed by atoms with van der Waals surface area (Å²) in [6.45, 7) is 0. The van der Waals surface area contributed by atoms with E-state index in [2.05, 4.69) is 15.1 Å². The van der Waals surface area contributed by atoms with Gasteiger partial charge in [-0.25, -0.2) is 14.5 Å². The van der Waals surface area contributed by atoms with E-state index in [0.717, 1.165) is 11.1 Å². The van der Waals surface area contributed by atoms with Crippen LogP contribution in [0.25, 0.3) is 16.8 Å². The fourth-order valence-corrected chi connectivity index (χ4v) is 1.60. The molecule has 0 aliphatic heterocycles. The molecule has 3 aromatic rings. The third-order valence-electron chi connectivity index (χ3n) is 2.32. The Labute approximate surface area is 90.4 Å². The molecular weight excluding hydrogens is 207 g/mol. The van der Waals surface area contributed by atoms with Crippen molar-refractivity contribution >= 4 is 5.65 Å². The Kier molecular flexibility index (Phi) is 1.89. The van der Waals surface area contributed by atoms with E-state index in [1.165, 1.54) is 12.3 Å². The van der Waals surface area contributed by atoms with E-state index in [1.54, 1.807) is 35.2 Å². The van der Waals surface area contributed by atoms with E-state index < -0.39 is 5.95 Å². The molecule has 0 aromatic carbocycles. The second-order valence-electron chi connectivity index (χ2n) is 3.31. The molecule has 0 saturated heterocycles. The Balaban J connectivity index is 2.26. The zero-order valence-electron chi connectivity index (χ0n) is 8.21. The molecule has 5 heteroatoms. The maximum Gasteiger partial charge on any atom is 0.213 e. The van der Waals surface area contributed by atoms with Gasteiger partial charge in [0.1, 0.15) is 0 Å². The summed E-state index contributed by atoms with van der Waals surface area (Å²) in [7, 11) is 0. The van der Waals surface area contributed by atoms with E-state index in [4.69, 9.17) is 0 Å². The number of hydrogen-bond donors (Lipinski definition) is 0. The highest BCUT2D eigenvalue weighted by Crippen LogP contribution is 2.22. The molecule has 0 bridgehead atoms. The largest absolute Gasteiger partial charge is 0.236 e. The van der Waals surface area contributed by atoms with Gasteiger partial charge in [0.05, 0.1) is 6.20 Å². The van der Waals surface area contributed by atoms with Crippen LogP contribution in [0, 0.1) is 5.95 Å². The van der Waals surface area contributed by atoms with Crippen molar-refractivity contribution in [1.82, 2.24) is 19.6 Å². The number of pyridine rings is 1. The molecule has 0 unspecified atom stereocenters. The van der Waals surface area contributed by atoms with Crippen molar-refractivity contribution < 1.29 is 4.39 Å². The van der Waals surface area contributed by atoms with Crippen molar-refractivity contribution in [3.05, 3.63) is 48.9 Å². The molecule has 3 rings (SSSR count). The minimum absolute atomic E-state index is 0.507. The summed E-state index contributed by atoms with van der Waals surface area (Å²) in [6, 6.07) is 4.89. The molecule has 3 heterocycles. The zero-order valence-corrected chi connectivity index (χ0v) is 8.21. The summed E-state index contributed by atoms with van der Waals surface area (Å²) < 4.78 is 14.6. The van der Waals surface area contributed by atoms with Gasteiger partial charge in [0.2, 0.25) is 5.95 Å². The highest BCUT2D eigenvalue weighted by atomic mass is 19.1. The minimum atomic E-state index is -0.507. The monoisotopic (exact) mass is 214 g/mol. The summed E-state index contributed by atoms with van der Waals surface area (Å²) in [5.41, 5.74) is 2.22. The molecule has 0 aliphatic carbocycles. The van der Waals surface area contributed by atoms with Crippen LogP contribution >= 0.6 is 0 Å². The summed E-state index contributed by atoms with van der Waals surface area (Å²) in [6.07, 6.45) is 6.57. The summed E-state index contributed by atoms with van der Waals surface area (Å²) >= 11 is 0. The van der Waals surface area contributed by atoms with Gasteiger partial charge in [-0.3, -0.25) is 0 Å². The summed E-state index contributed by atoms with van der Waals surface area (Å²) in [5, 5.41) is 4.14. The molecule has 0 N–H and O–H groups in total. The molecule has 3 aromatic heterocycles. The van der Waals surface area contributed by atoms with Gasteiger partial charge >= 0.3 is 0 Å². The molecule has 0 fully saturated rings. The van der Waals surface area contributed by atoms with Crippen LogP contribution in [-0.4, -0.2) is 19.6 Å². The second-order valence-corrected chi connectivity index (χ2v) is 3.31. The molecular formula is C11H7FN4. The lowest BCUT2D eigenvalue weighted by Gasteiger charge is -1.97. The Morgan fingerprint density at radius 2 is 2.12 bits per heavy atom. The first-order valence-corrected chi connectivity index (χ1v) is 4.75. The average Bonchev–Trinajstić information content (AvgIpc) is 2.72. The highest BCUT2D eigenvalue weighted by molar-refractivity contribution is 5.76. The highest BCUT2D eigenvalue weighted by Gasteiger charge is 2.07. The molecule has 0 radical (unpaired) electrons. The van der Waals surface area contributed by atoms with Gasteiger partial charge < -0.3 is 0 Å². The van der Waals surface area contributed by atoms with Gasteiger partial charge in [-0.05, 0) is 17.7 Å². The molecule has 4 nitrogen and oxygen atoms in total. The number of nitrogens with zero attached hydrogens (tertiary/aromatic N) is 4. The third kappa shape index (κ3) is 1.33. The van der Waals surface area contributed by atoms with Crippen molar-refractivity contribution in [2.24, 2.45) is 0 Å². The second kappa shape index (κ2) is 3.37. The standard InChI is InChI=1S/C11H7FN4/c12-10-6-8(2-4-13-10)9-7-15-16-5-1-3-14-11(9)16/h1-7H. The molecule has 0 spiro atoms. The third-order valence-corrected chi connectivity index (χ3v) is 2.32. The van der Waals surface area contributed by atoms with Gasteiger partial charge in [-0.15, -0.1) is 0 Å². The van der Waals surface area contributed by atoms with Crippen LogP contribution in [0.1, 0.15) is 0 Å². The van der Waals surface area contributed by atoms with Crippen molar-refractivity contribution in [1.29, 1.82) is 0 Å². The van der Waals surface area contributed by atoms with Crippen molar-refractivity contribution in [2.75, 3.05) is 0 Å². The van der Waals surface area contributed by atoms with E-state index in [0.29, 0.717) is 5.65 Å². The first-order valence-electron chi connectivity index (χ1n) is 4.75. The fraction of sp³-hybridized carbons (Fsp3) is 0. The van der Waals surface area contributed by atoms with Gasteiger partial charge in [0, 0.05) is 30.2 Å². The maximum atomic E-state index is 13.0. The number of aromatic nitrogens is 4. The number of rotatable bonds is 1. The Morgan fingerprint density at radius 1 is 1.19 bits per heavy atom. The van der Waals surface area contributed by atoms with Crippen molar-refractivity contribution in [3.8, 4) is 11.1 Å². The maximum absolute atomic E-state index is 13.0. The number of halogens is 1. The number of hydrogen-bond acceptors (Lipinski definition) is 3. The van der Waals surface area contributed by atoms with Crippen LogP contribution < -0.4 is 0 Å². The average molecular weight is 214 g/mol.